The van der Waals surface area contributed by atoms with Gasteiger partial charge in [0.15, 0.2) is 0 Å². The topological polar surface area (TPSA) is 30.3 Å². The van der Waals surface area contributed by atoms with Crippen LogP contribution in [0.4, 0.5) is 0 Å². The monoisotopic (exact) mass is 209 g/mol. The lowest BCUT2D eigenvalue weighted by atomic mass is 10.1. The number of hydrogen-bond donors (Lipinski definition) is 0. The van der Waals surface area contributed by atoms with Gasteiger partial charge in [0.2, 0.25) is 0 Å². The van der Waals surface area contributed by atoms with Gasteiger partial charge in [-0.2, -0.15) is 5.26 Å². The number of rotatable bonds is 5. The fourth-order valence-corrected chi connectivity index (χ4v) is 2.06. The second-order valence-corrected chi connectivity index (χ2v) is 5.00. The molecule has 1 atom stereocenters. The maximum absolute atomic E-state index is 8.63. The fourth-order valence-electron chi connectivity index (χ4n) is 2.06. The Morgan fingerprint density at radius 1 is 1.53 bits per heavy atom. The van der Waals surface area contributed by atoms with Gasteiger partial charge in [-0.15, -0.1) is 0 Å². The number of hydrogen-bond acceptors (Lipinski definition) is 3. The zero-order valence-corrected chi connectivity index (χ0v) is 10.2. The number of likely N-dealkylation sites (N-methyl/N-ethyl adjacent to an activating group) is 1. The van der Waals surface area contributed by atoms with Crippen LogP contribution in [0.15, 0.2) is 0 Å². The molecule has 0 aromatic carbocycles. The van der Waals surface area contributed by atoms with E-state index in [4.69, 9.17) is 5.26 Å². The minimum atomic E-state index is 0.558. The lowest BCUT2D eigenvalue weighted by Gasteiger charge is -2.22. The highest BCUT2D eigenvalue weighted by Gasteiger charge is 2.24. The molecule has 0 aromatic heterocycles. The molecule has 3 nitrogen and oxygen atoms in total. The standard InChI is InChI=1S/C12H23N3/c1-11(2)4-7-15-8-5-12(10-15)14(3)9-6-13/h11-12H,4-5,7-10H2,1-3H3. The van der Waals surface area contributed by atoms with E-state index in [0.717, 1.165) is 12.5 Å². The Hall–Kier alpha value is -0.590. The highest BCUT2D eigenvalue weighted by atomic mass is 15.2. The minimum Gasteiger partial charge on any atom is -0.302 e. The third kappa shape index (κ3) is 4.19. The quantitative estimate of drug-likeness (QED) is 0.644. The molecule has 0 spiro atoms. The van der Waals surface area contributed by atoms with Crippen LogP contribution in [0.1, 0.15) is 26.7 Å². The highest BCUT2D eigenvalue weighted by Crippen LogP contribution is 2.15. The molecule has 3 heteroatoms. The van der Waals surface area contributed by atoms with Crippen molar-refractivity contribution in [2.24, 2.45) is 5.92 Å². The third-order valence-corrected chi connectivity index (χ3v) is 3.21. The predicted octanol–water partition coefficient (Wildman–Crippen LogP) is 1.56. The molecule has 0 aromatic rings. The van der Waals surface area contributed by atoms with Gasteiger partial charge in [0.05, 0.1) is 12.6 Å². The van der Waals surface area contributed by atoms with Crippen LogP contribution >= 0.6 is 0 Å². The predicted molar refractivity (Wildman–Crippen MR) is 62.5 cm³/mol. The Balaban J connectivity index is 2.23. The van der Waals surface area contributed by atoms with Crippen LogP contribution in [0.3, 0.4) is 0 Å². The Labute approximate surface area is 93.7 Å². The Bertz CT molecular complexity index is 219. The van der Waals surface area contributed by atoms with E-state index < -0.39 is 0 Å². The molecule has 1 saturated heterocycles. The highest BCUT2D eigenvalue weighted by molar-refractivity contribution is 4.86. The number of likely N-dealkylation sites (tertiary alicyclic amines) is 1. The summed E-state index contributed by atoms with van der Waals surface area (Å²) >= 11 is 0. The van der Waals surface area contributed by atoms with Crippen molar-refractivity contribution in [3.63, 3.8) is 0 Å². The van der Waals surface area contributed by atoms with Gasteiger partial charge in [-0.3, -0.25) is 4.90 Å². The first kappa shape index (κ1) is 12.5. The summed E-state index contributed by atoms with van der Waals surface area (Å²) in [5.74, 6) is 0.792. The van der Waals surface area contributed by atoms with Crippen LogP contribution in [-0.2, 0) is 0 Å². The average molecular weight is 209 g/mol. The van der Waals surface area contributed by atoms with Gasteiger partial charge in [-0.25, -0.2) is 0 Å². The minimum absolute atomic E-state index is 0.558. The normalized spacial score (nSPS) is 22.5. The van der Waals surface area contributed by atoms with Gasteiger partial charge in [-0.05, 0) is 38.9 Å². The zero-order valence-electron chi connectivity index (χ0n) is 10.2. The summed E-state index contributed by atoms with van der Waals surface area (Å²) in [7, 11) is 2.06. The van der Waals surface area contributed by atoms with E-state index in [0.29, 0.717) is 12.6 Å². The molecule has 1 aliphatic heterocycles. The maximum atomic E-state index is 8.63. The van der Waals surface area contributed by atoms with E-state index in [9.17, 15) is 0 Å². The van der Waals surface area contributed by atoms with Crippen molar-refractivity contribution >= 4 is 0 Å². The molecule has 1 aliphatic rings. The number of nitrogens with zero attached hydrogens (tertiary/aromatic N) is 3. The van der Waals surface area contributed by atoms with E-state index >= 15 is 0 Å². The third-order valence-electron chi connectivity index (χ3n) is 3.21. The lowest BCUT2D eigenvalue weighted by molar-refractivity contribution is 0.246. The average Bonchev–Trinajstić information content (AvgIpc) is 2.63. The summed E-state index contributed by atoms with van der Waals surface area (Å²) in [6, 6.07) is 2.81. The van der Waals surface area contributed by atoms with Gasteiger partial charge in [0.1, 0.15) is 0 Å². The summed E-state index contributed by atoms with van der Waals surface area (Å²) in [4.78, 5) is 4.70. The first-order chi connectivity index (χ1) is 7.13. The molecule has 1 fully saturated rings. The van der Waals surface area contributed by atoms with Gasteiger partial charge >= 0.3 is 0 Å². The molecule has 15 heavy (non-hydrogen) atoms. The molecule has 86 valence electrons. The van der Waals surface area contributed by atoms with Crippen molar-refractivity contribution in [3.05, 3.63) is 0 Å². The summed E-state index contributed by atoms with van der Waals surface area (Å²) in [6.07, 6.45) is 2.50. The molecule has 0 bridgehead atoms. The molecule has 0 N–H and O–H groups in total. The Kier molecular flexibility index (Phi) is 5.07. The summed E-state index contributed by atoms with van der Waals surface area (Å²) in [6.45, 7) is 8.67. The van der Waals surface area contributed by atoms with Gasteiger partial charge in [0.25, 0.3) is 0 Å². The van der Waals surface area contributed by atoms with Gasteiger partial charge < -0.3 is 4.90 Å². The van der Waals surface area contributed by atoms with Gasteiger partial charge in [-0.1, -0.05) is 13.8 Å². The van der Waals surface area contributed by atoms with Gasteiger partial charge in [0, 0.05) is 12.6 Å². The van der Waals surface area contributed by atoms with Crippen LogP contribution < -0.4 is 0 Å². The molecular weight excluding hydrogens is 186 g/mol. The van der Waals surface area contributed by atoms with Crippen molar-refractivity contribution in [1.29, 1.82) is 5.26 Å². The second kappa shape index (κ2) is 6.09. The largest absolute Gasteiger partial charge is 0.302 e. The Morgan fingerprint density at radius 2 is 2.27 bits per heavy atom. The summed E-state index contributed by atoms with van der Waals surface area (Å²) in [5.41, 5.74) is 0. The van der Waals surface area contributed by atoms with Crippen LogP contribution in [0.25, 0.3) is 0 Å². The van der Waals surface area contributed by atoms with Crippen LogP contribution in [0.2, 0.25) is 0 Å². The molecule has 0 amide bonds. The molecule has 1 heterocycles. The van der Waals surface area contributed by atoms with Crippen LogP contribution in [0.5, 0.6) is 0 Å². The molecule has 1 unspecified atom stereocenters. The first-order valence-corrected chi connectivity index (χ1v) is 5.93. The summed E-state index contributed by atoms with van der Waals surface area (Å²) in [5, 5.41) is 8.63. The maximum Gasteiger partial charge on any atom is 0.0866 e. The fraction of sp³-hybridized carbons (Fsp3) is 0.917. The van der Waals surface area contributed by atoms with Crippen LogP contribution in [0, 0.1) is 17.2 Å². The number of nitriles is 1. The molecule has 1 rings (SSSR count). The van der Waals surface area contributed by atoms with Crippen molar-refractivity contribution in [2.75, 3.05) is 33.2 Å². The second-order valence-electron chi connectivity index (χ2n) is 5.00. The van der Waals surface area contributed by atoms with E-state index in [-0.39, 0.29) is 0 Å². The van der Waals surface area contributed by atoms with Crippen molar-refractivity contribution in [2.45, 2.75) is 32.7 Å². The Morgan fingerprint density at radius 3 is 2.87 bits per heavy atom. The van der Waals surface area contributed by atoms with Crippen molar-refractivity contribution < 1.29 is 0 Å². The molecule has 0 aliphatic carbocycles. The van der Waals surface area contributed by atoms with E-state index in [1.807, 2.05) is 0 Å². The zero-order chi connectivity index (χ0) is 11.3. The lowest BCUT2D eigenvalue weighted by Crippen LogP contribution is -2.35. The van der Waals surface area contributed by atoms with Crippen molar-refractivity contribution in [1.82, 2.24) is 9.80 Å². The smallest absolute Gasteiger partial charge is 0.0866 e. The molecular formula is C12H23N3. The summed E-state index contributed by atoms with van der Waals surface area (Å²) < 4.78 is 0. The van der Waals surface area contributed by atoms with E-state index in [1.54, 1.807) is 0 Å². The molecule has 0 saturated carbocycles. The SMILES string of the molecule is CC(C)CCN1CCC(N(C)CC#N)C1. The van der Waals surface area contributed by atoms with Crippen LogP contribution in [-0.4, -0.2) is 49.1 Å². The van der Waals surface area contributed by atoms with Crippen molar-refractivity contribution in [3.8, 4) is 6.07 Å². The van der Waals surface area contributed by atoms with E-state index in [1.165, 1.54) is 25.9 Å². The molecule has 0 radical (unpaired) electrons. The first-order valence-electron chi connectivity index (χ1n) is 5.93. The van der Waals surface area contributed by atoms with E-state index in [2.05, 4.69) is 36.8 Å².